The summed E-state index contributed by atoms with van der Waals surface area (Å²) in [5, 5.41) is 14.1. The summed E-state index contributed by atoms with van der Waals surface area (Å²) in [5.74, 6) is -0.406. The second kappa shape index (κ2) is 9.06. The Kier molecular flexibility index (Phi) is 6.53. The van der Waals surface area contributed by atoms with Crippen molar-refractivity contribution in [3.63, 3.8) is 0 Å². The van der Waals surface area contributed by atoms with Gasteiger partial charge >= 0.3 is 0 Å². The lowest BCUT2D eigenvalue weighted by Crippen LogP contribution is -2.38. The number of amides is 1. The third-order valence-electron chi connectivity index (χ3n) is 5.55. The molecule has 0 saturated heterocycles. The average molecular weight is 358 g/mol. The zero-order valence-electron chi connectivity index (χ0n) is 15.2. The van der Waals surface area contributed by atoms with Crippen LogP contribution in [0.25, 0.3) is 0 Å². The normalized spacial score (nSPS) is 19.8. The molecule has 2 aliphatic carbocycles. The first-order valence-corrected chi connectivity index (χ1v) is 9.88. The average Bonchev–Trinajstić information content (AvgIpc) is 3.15. The van der Waals surface area contributed by atoms with Crippen molar-refractivity contribution in [2.24, 2.45) is 5.92 Å². The zero-order chi connectivity index (χ0) is 18.4. The summed E-state index contributed by atoms with van der Waals surface area (Å²) >= 11 is 0. The summed E-state index contributed by atoms with van der Waals surface area (Å²) in [6, 6.07) is 6.86. The van der Waals surface area contributed by atoms with E-state index in [4.69, 9.17) is 4.74 Å². The van der Waals surface area contributed by atoms with Gasteiger partial charge in [-0.05, 0) is 56.2 Å². The lowest BCUT2D eigenvalue weighted by atomic mass is 9.88. The van der Waals surface area contributed by atoms with Crippen LogP contribution >= 0.6 is 0 Å². The van der Waals surface area contributed by atoms with E-state index < -0.39 is 12.0 Å². The Labute approximate surface area is 155 Å². The molecule has 2 saturated carbocycles. The molecule has 0 unspecified atom stereocenters. The van der Waals surface area contributed by atoms with E-state index in [9.17, 15) is 14.7 Å². The first-order chi connectivity index (χ1) is 12.6. The Morgan fingerprint density at radius 3 is 2.23 bits per heavy atom. The Bertz CT molecular complexity index is 601. The van der Waals surface area contributed by atoms with Gasteiger partial charge in [-0.25, -0.2) is 0 Å². The van der Waals surface area contributed by atoms with Gasteiger partial charge in [0, 0.05) is 18.3 Å². The monoisotopic (exact) mass is 358 g/mol. The number of hydrogen-bond acceptors (Lipinski definition) is 4. The maximum absolute atomic E-state index is 12.5. The molecule has 0 aromatic heterocycles. The maximum atomic E-state index is 12.5. The van der Waals surface area contributed by atoms with E-state index in [1.807, 2.05) is 24.3 Å². The molecule has 2 fully saturated rings. The van der Waals surface area contributed by atoms with Gasteiger partial charge in [0.1, 0.15) is 5.75 Å². The summed E-state index contributed by atoms with van der Waals surface area (Å²) in [5.41, 5.74) is 0.775. The van der Waals surface area contributed by atoms with Gasteiger partial charge in [0.25, 0.3) is 0 Å². The maximum Gasteiger partial charge on any atom is 0.223 e. The molecule has 0 bridgehead atoms. The van der Waals surface area contributed by atoms with Crippen molar-refractivity contribution in [3.8, 4) is 5.75 Å². The number of carboxylic acids is 1. The third kappa shape index (κ3) is 5.23. The van der Waals surface area contributed by atoms with Gasteiger partial charge in [0.15, 0.2) is 0 Å². The van der Waals surface area contributed by atoms with Gasteiger partial charge in [0.2, 0.25) is 5.91 Å². The highest BCUT2D eigenvalue weighted by atomic mass is 16.5. The SMILES string of the molecule is O=C([O-])C[C@H](NC(=O)C1CCCCC1)c1ccc(OC2CCCC2)cc1. The number of carboxylic acid groups (broad SMARTS) is 1. The van der Waals surface area contributed by atoms with Gasteiger partial charge in [0.05, 0.1) is 12.1 Å². The number of rotatable bonds is 7. The summed E-state index contributed by atoms with van der Waals surface area (Å²) in [7, 11) is 0. The third-order valence-corrected chi connectivity index (χ3v) is 5.55. The molecule has 5 heteroatoms. The van der Waals surface area contributed by atoms with E-state index in [1.54, 1.807) is 0 Å². The summed E-state index contributed by atoms with van der Waals surface area (Å²) in [6.45, 7) is 0. The molecular formula is C21H28NO4-. The molecular weight excluding hydrogens is 330 g/mol. The van der Waals surface area contributed by atoms with Crippen molar-refractivity contribution in [1.29, 1.82) is 0 Å². The number of aliphatic carboxylic acids is 1. The molecule has 0 heterocycles. The highest BCUT2D eigenvalue weighted by Gasteiger charge is 2.24. The summed E-state index contributed by atoms with van der Waals surface area (Å²) < 4.78 is 5.95. The van der Waals surface area contributed by atoms with Crippen molar-refractivity contribution in [2.75, 3.05) is 0 Å². The number of carbonyl (C=O) groups is 2. The zero-order valence-corrected chi connectivity index (χ0v) is 15.2. The fourth-order valence-electron chi connectivity index (χ4n) is 4.05. The van der Waals surface area contributed by atoms with Crippen LogP contribution in [0.2, 0.25) is 0 Å². The predicted molar refractivity (Wildman–Crippen MR) is 96.4 cm³/mol. The first-order valence-electron chi connectivity index (χ1n) is 9.88. The first kappa shape index (κ1) is 18.7. The molecule has 2 aliphatic rings. The van der Waals surface area contributed by atoms with Gasteiger partial charge in [-0.1, -0.05) is 31.4 Å². The molecule has 0 aliphatic heterocycles. The Morgan fingerprint density at radius 1 is 1.00 bits per heavy atom. The lowest BCUT2D eigenvalue weighted by molar-refractivity contribution is -0.306. The standard InChI is InChI=1S/C21H29NO4/c23-20(24)14-19(22-21(25)16-6-2-1-3-7-16)15-10-12-18(13-11-15)26-17-8-4-5-9-17/h10-13,16-17,19H,1-9,14H2,(H,22,25)(H,23,24)/p-1/t19-/m0/s1. The van der Waals surface area contributed by atoms with E-state index in [2.05, 4.69) is 5.32 Å². The summed E-state index contributed by atoms with van der Waals surface area (Å²) in [4.78, 5) is 23.7. The lowest BCUT2D eigenvalue weighted by Gasteiger charge is -2.26. The molecule has 1 aromatic carbocycles. The van der Waals surface area contributed by atoms with Crippen molar-refractivity contribution in [1.82, 2.24) is 5.32 Å². The van der Waals surface area contributed by atoms with E-state index in [0.717, 1.165) is 49.8 Å². The second-order valence-electron chi connectivity index (χ2n) is 7.57. The number of ether oxygens (including phenoxy) is 1. The van der Waals surface area contributed by atoms with E-state index in [1.165, 1.54) is 19.3 Å². The molecule has 1 amide bonds. The fourth-order valence-corrected chi connectivity index (χ4v) is 4.05. The Hall–Kier alpha value is -2.04. The molecule has 0 spiro atoms. The highest BCUT2D eigenvalue weighted by molar-refractivity contribution is 5.80. The van der Waals surface area contributed by atoms with E-state index in [-0.39, 0.29) is 24.3 Å². The van der Waals surface area contributed by atoms with Crippen LogP contribution in [-0.2, 0) is 9.59 Å². The topological polar surface area (TPSA) is 78.5 Å². The molecule has 1 atom stereocenters. The van der Waals surface area contributed by atoms with Crippen LogP contribution in [-0.4, -0.2) is 18.0 Å². The van der Waals surface area contributed by atoms with Crippen LogP contribution in [0.1, 0.15) is 75.8 Å². The fraction of sp³-hybridized carbons (Fsp3) is 0.619. The minimum Gasteiger partial charge on any atom is -0.550 e. The number of hydrogen-bond donors (Lipinski definition) is 1. The molecule has 26 heavy (non-hydrogen) atoms. The van der Waals surface area contributed by atoms with Crippen molar-refractivity contribution in [2.45, 2.75) is 76.4 Å². The van der Waals surface area contributed by atoms with Gasteiger partial charge in [-0.15, -0.1) is 0 Å². The largest absolute Gasteiger partial charge is 0.550 e. The molecule has 142 valence electrons. The quantitative estimate of drug-likeness (QED) is 0.813. The van der Waals surface area contributed by atoms with E-state index in [0.29, 0.717) is 0 Å². The molecule has 1 aromatic rings. The van der Waals surface area contributed by atoms with E-state index >= 15 is 0 Å². The number of nitrogens with one attached hydrogen (secondary N) is 1. The Balaban J connectivity index is 1.64. The van der Waals surface area contributed by atoms with Gasteiger partial charge in [-0.2, -0.15) is 0 Å². The van der Waals surface area contributed by atoms with Crippen LogP contribution in [0, 0.1) is 5.92 Å². The van der Waals surface area contributed by atoms with Crippen molar-refractivity contribution in [3.05, 3.63) is 29.8 Å². The molecule has 1 N–H and O–H groups in total. The second-order valence-corrected chi connectivity index (χ2v) is 7.57. The van der Waals surface area contributed by atoms with Gasteiger partial charge in [-0.3, -0.25) is 4.79 Å². The summed E-state index contributed by atoms with van der Waals surface area (Å²) in [6.07, 6.45) is 9.75. The van der Waals surface area contributed by atoms with Crippen molar-refractivity contribution >= 4 is 11.9 Å². The van der Waals surface area contributed by atoms with Crippen molar-refractivity contribution < 1.29 is 19.4 Å². The molecule has 5 nitrogen and oxygen atoms in total. The minimum absolute atomic E-state index is 0.00187. The predicted octanol–water partition coefficient (Wildman–Crippen LogP) is 2.89. The van der Waals surface area contributed by atoms with Gasteiger partial charge < -0.3 is 20.0 Å². The smallest absolute Gasteiger partial charge is 0.223 e. The van der Waals surface area contributed by atoms with Crippen LogP contribution in [0.4, 0.5) is 0 Å². The number of carbonyl (C=O) groups excluding carboxylic acids is 2. The van der Waals surface area contributed by atoms with Crippen LogP contribution in [0.15, 0.2) is 24.3 Å². The highest BCUT2D eigenvalue weighted by Crippen LogP contribution is 2.28. The molecule has 0 radical (unpaired) electrons. The van der Waals surface area contributed by atoms with Crippen LogP contribution in [0.3, 0.4) is 0 Å². The Morgan fingerprint density at radius 2 is 1.62 bits per heavy atom. The van der Waals surface area contributed by atoms with Crippen LogP contribution in [0.5, 0.6) is 5.75 Å². The van der Waals surface area contributed by atoms with Crippen LogP contribution < -0.4 is 15.2 Å². The minimum atomic E-state index is -1.16. The molecule has 3 rings (SSSR count). The number of benzene rings is 1.